The number of halogens is 1. The minimum atomic E-state index is -0.175. The largest absolute Gasteiger partial charge is 0.351 e. The zero-order valence-electron chi connectivity index (χ0n) is 12.3. The lowest BCUT2D eigenvalue weighted by Crippen LogP contribution is -2.49. The Bertz CT molecular complexity index is 375. The Labute approximate surface area is 132 Å². The third-order valence-electron chi connectivity index (χ3n) is 4.65. The predicted octanol–water partition coefficient (Wildman–Crippen LogP) is 0.980. The lowest BCUT2D eigenvalue weighted by Gasteiger charge is -2.43. The van der Waals surface area contributed by atoms with Gasteiger partial charge in [-0.25, -0.2) is 0 Å². The van der Waals surface area contributed by atoms with E-state index in [1.165, 1.54) is 6.42 Å². The summed E-state index contributed by atoms with van der Waals surface area (Å²) < 4.78 is 0. The first-order valence-electron chi connectivity index (χ1n) is 7.52. The van der Waals surface area contributed by atoms with Gasteiger partial charge in [0, 0.05) is 18.5 Å². The summed E-state index contributed by atoms with van der Waals surface area (Å²) in [6, 6.07) is 0.267. The standard InChI is InChI=1S/C15H25N3O2.ClH/c1-2-6-17-13(19)9-18-15(20)12-7-10-4-3-5-11(8-12)14(10)16;/h2,10-12,14H,1,3-9,16H2,(H,17,19)(H,18,20);1H. The highest BCUT2D eigenvalue weighted by atomic mass is 35.5. The Morgan fingerprint density at radius 3 is 2.38 bits per heavy atom. The van der Waals surface area contributed by atoms with Crippen molar-refractivity contribution in [3.8, 4) is 0 Å². The number of carbonyl (C=O) groups is 2. The van der Waals surface area contributed by atoms with Crippen molar-refractivity contribution in [1.29, 1.82) is 0 Å². The second-order valence-corrected chi connectivity index (χ2v) is 6.01. The molecule has 2 saturated carbocycles. The van der Waals surface area contributed by atoms with Crippen LogP contribution in [0.15, 0.2) is 12.7 Å². The van der Waals surface area contributed by atoms with Gasteiger partial charge in [0.1, 0.15) is 0 Å². The Balaban J connectivity index is 0.00000220. The number of nitrogens with two attached hydrogens (primary N) is 1. The first kappa shape index (κ1) is 18.0. The summed E-state index contributed by atoms with van der Waals surface area (Å²) in [5.41, 5.74) is 6.22. The Morgan fingerprint density at radius 1 is 1.19 bits per heavy atom. The number of hydrogen-bond acceptors (Lipinski definition) is 3. The number of hydrogen-bond donors (Lipinski definition) is 3. The maximum absolute atomic E-state index is 12.2. The van der Waals surface area contributed by atoms with E-state index >= 15 is 0 Å². The van der Waals surface area contributed by atoms with Gasteiger partial charge >= 0.3 is 0 Å². The predicted molar refractivity (Wildman–Crippen MR) is 85.0 cm³/mol. The zero-order chi connectivity index (χ0) is 14.5. The van der Waals surface area contributed by atoms with Crippen LogP contribution in [0.3, 0.4) is 0 Å². The van der Waals surface area contributed by atoms with Crippen LogP contribution in [-0.4, -0.2) is 30.9 Å². The molecular weight excluding hydrogens is 290 g/mol. The molecule has 5 nitrogen and oxygen atoms in total. The Kier molecular flexibility index (Phi) is 7.18. The van der Waals surface area contributed by atoms with Gasteiger partial charge in [0.2, 0.25) is 11.8 Å². The van der Waals surface area contributed by atoms with Gasteiger partial charge in [0.25, 0.3) is 0 Å². The molecule has 0 aliphatic heterocycles. The molecule has 0 heterocycles. The molecule has 0 spiro atoms. The summed E-state index contributed by atoms with van der Waals surface area (Å²) in [6.07, 6.45) is 6.88. The van der Waals surface area contributed by atoms with E-state index in [4.69, 9.17) is 5.73 Å². The van der Waals surface area contributed by atoms with Crippen molar-refractivity contribution in [3.63, 3.8) is 0 Å². The highest BCUT2D eigenvalue weighted by Gasteiger charge is 2.40. The van der Waals surface area contributed by atoms with Crippen molar-refractivity contribution in [3.05, 3.63) is 12.7 Å². The molecule has 0 aromatic rings. The number of rotatable bonds is 5. The molecule has 2 fully saturated rings. The topological polar surface area (TPSA) is 84.2 Å². The van der Waals surface area contributed by atoms with Crippen LogP contribution in [0.4, 0.5) is 0 Å². The number of nitrogens with one attached hydrogen (secondary N) is 2. The van der Waals surface area contributed by atoms with Gasteiger partial charge in [-0.05, 0) is 37.5 Å². The van der Waals surface area contributed by atoms with Crippen LogP contribution in [0, 0.1) is 17.8 Å². The third-order valence-corrected chi connectivity index (χ3v) is 4.65. The average Bonchev–Trinajstić information content (AvgIpc) is 2.42. The fourth-order valence-electron chi connectivity index (χ4n) is 3.56. The molecule has 0 aromatic heterocycles. The molecule has 2 atom stereocenters. The van der Waals surface area contributed by atoms with Crippen LogP contribution >= 0.6 is 12.4 Å². The first-order valence-corrected chi connectivity index (χ1v) is 7.52. The van der Waals surface area contributed by atoms with Crippen molar-refractivity contribution in [1.82, 2.24) is 10.6 Å². The van der Waals surface area contributed by atoms with E-state index in [0.29, 0.717) is 18.4 Å². The van der Waals surface area contributed by atoms with Gasteiger partial charge in [-0.3, -0.25) is 9.59 Å². The van der Waals surface area contributed by atoms with Crippen molar-refractivity contribution < 1.29 is 9.59 Å². The Morgan fingerprint density at radius 2 is 1.81 bits per heavy atom. The summed E-state index contributed by atoms with van der Waals surface area (Å²) in [5, 5.41) is 5.38. The number of carbonyl (C=O) groups excluding carboxylic acids is 2. The summed E-state index contributed by atoms with van der Waals surface area (Å²) in [6.45, 7) is 4.00. The molecule has 4 N–H and O–H groups in total. The van der Waals surface area contributed by atoms with Crippen LogP contribution in [0.5, 0.6) is 0 Å². The second-order valence-electron chi connectivity index (χ2n) is 6.01. The first-order chi connectivity index (χ1) is 9.61. The molecule has 21 heavy (non-hydrogen) atoms. The van der Waals surface area contributed by atoms with E-state index in [-0.39, 0.29) is 42.7 Å². The molecule has 2 rings (SSSR count). The molecule has 0 saturated heterocycles. The van der Waals surface area contributed by atoms with Crippen molar-refractivity contribution in [2.45, 2.75) is 38.1 Å². The minimum absolute atomic E-state index is 0. The summed E-state index contributed by atoms with van der Waals surface area (Å²) in [5.74, 6) is 0.812. The van der Waals surface area contributed by atoms with Crippen LogP contribution in [0.1, 0.15) is 32.1 Å². The van der Waals surface area contributed by atoms with E-state index in [1.54, 1.807) is 6.08 Å². The lowest BCUT2D eigenvalue weighted by molar-refractivity contribution is -0.130. The molecule has 2 aliphatic carbocycles. The van der Waals surface area contributed by atoms with Gasteiger partial charge in [-0.15, -0.1) is 19.0 Å². The molecular formula is C15H26ClN3O2. The molecule has 0 radical (unpaired) electrons. The van der Waals surface area contributed by atoms with Crippen LogP contribution in [0.2, 0.25) is 0 Å². The van der Waals surface area contributed by atoms with E-state index in [1.807, 2.05) is 0 Å². The van der Waals surface area contributed by atoms with Gasteiger partial charge < -0.3 is 16.4 Å². The van der Waals surface area contributed by atoms with Crippen molar-refractivity contribution in [2.24, 2.45) is 23.5 Å². The van der Waals surface area contributed by atoms with Crippen molar-refractivity contribution in [2.75, 3.05) is 13.1 Å². The van der Waals surface area contributed by atoms with E-state index in [9.17, 15) is 9.59 Å². The molecule has 6 heteroatoms. The quantitative estimate of drug-likeness (QED) is 0.661. The molecule has 2 aliphatic rings. The summed E-state index contributed by atoms with van der Waals surface area (Å²) >= 11 is 0. The van der Waals surface area contributed by atoms with Crippen molar-refractivity contribution >= 4 is 24.2 Å². The van der Waals surface area contributed by atoms with Crippen LogP contribution in [-0.2, 0) is 9.59 Å². The summed E-state index contributed by atoms with van der Waals surface area (Å²) in [7, 11) is 0. The highest BCUT2D eigenvalue weighted by Crippen LogP contribution is 2.41. The molecule has 2 amide bonds. The highest BCUT2D eigenvalue weighted by molar-refractivity contribution is 5.86. The monoisotopic (exact) mass is 315 g/mol. The number of amides is 2. The smallest absolute Gasteiger partial charge is 0.239 e. The molecule has 0 aromatic carbocycles. The molecule has 2 unspecified atom stereocenters. The third kappa shape index (κ3) is 4.71. The van der Waals surface area contributed by atoms with E-state index in [2.05, 4.69) is 17.2 Å². The average molecular weight is 316 g/mol. The minimum Gasteiger partial charge on any atom is -0.351 e. The van der Waals surface area contributed by atoms with E-state index < -0.39 is 0 Å². The zero-order valence-corrected chi connectivity index (χ0v) is 13.2. The fraction of sp³-hybridized carbons (Fsp3) is 0.733. The number of fused-ring (bicyclic) bond motifs is 2. The second kappa shape index (κ2) is 8.39. The van der Waals surface area contributed by atoms with Gasteiger partial charge in [0.05, 0.1) is 6.54 Å². The lowest BCUT2D eigenvalue weighted by atomic mass is 9.65. The Hall–Kier alpha value is -1.07. The van der Waals surface area contributed by atoms with Crippen LogP contribution in [0.25, 0.3) is 0 Å². The molecule has 2 bridgehead atoms. The normalized spacial score (nSPS) is 30.7. The SMILES string of the molecule is C=CCNC(=O)CNC(=O)C1CC2CCCC(C1)C2N.Cl. The van der Waals surface area contributed by atoms with E-state index in [0.717, 1.165) is 25.7 Å². The summed E-state index contributed by atoms with van der Waals surface area (Å²) in [4.78, 5) is 23.6. The van der Waals surface area contributed by atoms with Crippen LogP contribution < -0.4 is 16.4 Å². The van der Waals surface area contributed by atoms with Gasteiger partial charge in [-0.2, -0.15) is 0 Å². The maximum Gasteiger partial charge on any atom is 0.239 e. The van der Waals surface area contributed by atoms with Gasteiger partial charge in [0.15, 0.2) is 0 Å². The fourth-order valence-corrected chi connectivity index (χ4v) is 3.56. The molecule has 120 valence electrons. The maximum atomic E-state index is 12.2. The van der Waals surface area contributed by atoms with Gasteiger partial charge in [-0.1, -0.05) is 12.5 Å².